The molecule has 0 saturated carbocycles. The van der Waals surface area contributed by atoms with Crippen LogP contribution in [0.5, 0.6) is 5.75 Å². The van der Waals surface area contributed by atoms with Gasteiger partial charge in [-0.2, -0.15) is 5.10 Å². The second-order valence-electron chi connectivity index (χ2n) is 7.46. The first-order valence-corrected chi connectivity index (χ1v) is 12.7. The molecule has 0 bridgehead atoms. The van der Waals surface area contributed by atoms with Crippen molar-refractivity contribution in [1.82, 2.24) is 20.2 Å². The maximum atomic E-state index is 12.4. The van der Waals surface area contributed by atoms with Crippen LogP contribution in [0.1, 0.15) is 11.1 Å². The third-order valence-electron chi connectivity index (χ3n) is 4.94. The lowest BCUT2D eigenvalue weighted by molar-refractivity contribution is -0.118. The summed E-state index contributed by atoms with van der Waals surface area (Å²) in [7, 11) is 1.60. The smallest absolute Gasteiger partial charge is 0.250 e. The van der Waals surface area contributed by atoms with Crippen molar-refractivity contribution in [3.63, 3.8) is 0 Å². The molecule has 4 aromatic rings. The summed E-state index contributed by atoms with van der Waals surface area (Å²) in [6.07, 6.45) is 1.57. The minimum absolute atomic E-state index is 0.119. The lowest BCUT2D eigenvalue weighted by atomic mass is 10.2. The molecule has 0 aliphatic carbocycles. The summed E-state index contributed by atoms with van der Waals surface area (Å²) >= 11 is 10.8. The lowest BCUT2D eigenvalue weighted by Crippen LogP contribution is -2.20. The van der Waals surface area contributed by atoms with E-state index in [-0.39, 0.29) is 11.7 Å². The molecule has 1 amide bonds. The van der Waals surface area contributed by atoms with Crippen molar-refractivity contribution in [2.24, 2.45) is 5.10 Å². The molecule has 0 radical (unpaired) electrons. The van der Waals surface area contributed by atoms with E-state index >= 15 is 0 Å². The Morgan fingerprint density at radius 1 is 1.14 bits per heavy atom. The molecule has 0 saturated heterocycles. The molecule has 0 spiro atoms. The number of amides is 1. The largest absolute Gasteiger partial charge is 0.496 e. The number of thioether (sulfide) groups is 1. The topological polar surface area (TPSA) is 81.4 Å². The fourth-order valence-corrected chi connectivity index (χ4v) is 4.61. The molecule has 1 heterocycles. The van der Waals surface area contributed by atoms with Crippen LogP contribution in [0.4, 0.5) is 0 Å². The number of nitrogens with one attached hydrogen (secondary N) is 1. The average Bonchev–Trinajstić information content (AvgIpc) is 3.28. The van der Waals surface area contributed by atoms with Crippen LogP contribution in [0.25, 0.3) is 17.1 Å². The molecule has 10 heteroatoms. The molecular weight excluding hydrogens is 550 g/mol. The number of benzene rings is 3. The van der Waals surface area contributed by atoms with Gasteiger partial charge in [-0.3, -0.25) is 9.36 Å². The second kappa shape index (κ2) is 11.5. The predicted molar refractivity (Wildman–Crippen MR) is 144 cm³/mol. The maximum Gasteiger partial charge on any atom is 0.250 e. The van der Waals surface area contributed by atoms with E-state index in [0.29, 0.717) is 16.0 Å². The molecule has 0 unspecified atom stereocenters. The van der Waals surface area contributed by atoms with Crippen LogP contribution in [-0.4, -0.2) is 39.7 Å². The predicted octanol–water partition coefficient (Wildman–Crippen LogP) is 5.91. The Morgan fingerprint density at radius 3 is 2.57 bits per heavy atom. The molecule has 1 N–H and O–H groups in total. The number of carbonyl (C=O) groups is 1. The van der Waals surface area contributed by atoms with Gasteiger partial charge in [0.1, 0.15) is 5.75 Å². The molecule has 3 aromatic carbocycles. The first-order chi connectivity index (χ1) is 16.9. The molecule has 4 rings (SSSR count). The zero-order chi connectivity index (χ0) is 24.8. The third-order valence-corrected chi connectivity index (χ3v) is 6.74. The van der Waals surface area contributed by atoms with Gasteiger partial charge in [0.05, 0.1) is 23.5 Å². The van der Waals surface area contributed by atoms with E-state index in [1.807, 2.05) is 78.2 Å². The molecule has 1 aromatic heterocycles. The number of aryl methyl sites for hydroxylation is 1. The minimum atomic E-state index is -0.259. The van der Waals surface area contributed by atoms with Crippen LogP contribution < -0.4 is 10.2 Å². The van der Waals surface area contributed by atoms with Crippen molar-refractivity contribution in [3.8, 4) is 22.8 Å². The quantitative estimate of drug-likeness (QED) is 0.162. The zero-order valence-corrected chi connectivity index (χ0v) is 22.1. The molecule has 0 aliphatic heterocycles. The molecule has 0 aliphatic rings. The summed E-state index contributed by atoms with van der Waals surface area (Å²) in [5.41, 5.74) is 6.28. The van der Waals surface area contributed by atoms with Gasteiger partial charge in [-0.15, -0.1) is 10.2 Å². The Labute approximate surface area is 220 Å². The van der Waals surface area contributed by atoms with Crippen LogP contribution in [0.2, 0.25) is 5.02 Å². The minimum Gasteiger partial charge on any atom is -0.496 e. The van der Waals surface area contributed by atoms with E-state index < -0.39 is 0 Å². The van der Waals surface area contributed by atoms with Gasteiger partial charge in [-0.1, -0.05) is 41.1 Å². The van der Waals surface area contributed by atoms with Crippen molar-refractivity contribution in [2.75, 3.05) is 12.9 Å². The number of hydrogen-bond donors (Lipinski definition) is 1. The summed E-state index contributed by atoms with van der Waals surface area (Å²) in [4.78, 5) is 12.4. The van der Waals surface area contributed by atoms with Gasteiger partial charge in [0, 0.05) is 16.3 Å². The highest BCUT2D eigenvalue weighted by atomic mass is 79.9. The highest BCUT2D eigenvalue weighted by molar-refractivity contribution is 9.10. The fraction of sp³-hybridized carbons (Fsp3) is 0.120. The van der Waals surface area contributed by atoms with E-state index in [1.54, 1.807) is 13.3 Å². The average molecular weight is 571 g/mol. The van der Waals surface area contributed by atoms with Crippen molar-refractivity contribution in [2.45, 2.75) is 12.1 Å². The molecule has 35 heavy (non-hydrogen) atoms. The third kappa shape index (κ3) is 6.30. The summed E-state index contributed by atoms with van der Waals surface area (Å²) in [6.45, 7) is 2.03. The SMILES string of the molecule is COc1ccc(/C=N/NC(=O)CSc2nnc(-c3ccc(Cl)cc3)n2-c2ccc(C)cc2)cc1Br. The Morgan fingerprint density at radius 2 is 1.89 bits per heavy atom. The van der Waals surface area contributed by atoms with Gasteiger partial charge in [-0.25, -0.2) is 5.43 Å². The van der Waals surface area contributed by atoms with E-state index in [0.717, 1.165) is 32.6 Å². The van der Waals surface area contributed by atoms with E-state index in [1.165, 1.54) is 11.8 Å². The highest BCUT2D eigenvalue weighted by Crippen LogP contribution is 2.29. The number of halogens is 2. The fourth-order valence-electron chi connectivity index (χ4n) is 3.18. The molecule has 7 nitrogen and oxygen atoms in total. The summed E-state index contributed by atoms with van der Waals surface area (Å²) in [5, 5.41) is 14.0. The van der Waals surface area contributed by atoms with Gasteiger partial charge in [0.2, 0.25) is 0 Å². The molecule has 0 fully saturated rings. The van der Waals surface area contributed by atoms with Crippen molar-refractivity contribution in [3.05, 3.63) is 87.4 Å². The van der Waals surface area contributed by atoms with Gasteiger partial charge in [0.25, 0.3) is 5.91 Å². The number of rotatable bonds is 8. The monoisotopic (exact) mass is 569 g/mol. The Kier molecular flexibility index (Phi) is 8.22. The maximum absolute atomic E-state index is 12.4. The summed E-state index contributed by atoms with van der Waals surface area (Å²) < 4.78 is 7.95. The number of hydrogen-bond acceptors (Lipinski definition) is 6. The number of ether oxygens (including phenoxy) is 1. The van der Waals surface area contributed by atoms with Gasteiger partial charge < -0.3 is 4.74 Å². The van der Waals surface area contributed by atoms with Gasteiger partial charge in [0.15, 0.2) is 11.0 Å². The number of aromatic nitrogens is 3. The van der Waals surface area contributed by atoms with Crippen LogP contribution in [0, 0.1) is 6.92 Å². The Balaban J connectivity index is 1.48. The first-order valence-electron chi connectivity index (χ1n) is 10.5. The molecule has 0 atom stereocenters. The van der Waals surface area contributed by atoms with Crippen molar-refractivity contribution < 1.29 is 9.53 Å². The number of hydrazone groups is 1. The lowest BCUT2D eigenvalue weighted by Gasteiger charge is -2.10. The molecular formula is C25H21BrClN5O2S. The highest BCUT2D eigenvalue weighted by Gasteiger charge is 2.17. The summed E-state index contributed by atoms with van der Waals surface area (Å²) in [5.74, 6) is 1.24. The van der Waals surface area contributed by atoms with Crippen LogP contribution >= 0.6 is 39.3 Å². The normalized spacial score (nSPS) is 11.1. The molecule has 178 valence electrons. The van der Waals surface area contributed by atoms with E-state index in [2.05, 4.69) is 36.7 Å². The van der Waals surface area contributed by atoms with Crippen LogP contribution in [0.15, 0.2) is 81.5 Å². The van der Waals surface area contributed by atoms with Crippen LogP contribution in [0.3, 0.4) is 0 Å². The van der Waals surface area contributed by atoms with Crippen molar-refractivity contribution >= 4 is 51.4 Å². The van der Waals surface area contributed by atoms with Crippen molar-refractivity contribution in [1.29, 1.82) is 0 Å². The van der Waals surface area contributed by atoms with Gasteiger partial charge in [-0.05, 0) is 83.0 Å². The Bertz CT molecular complexity index is 1360. The zero-order valence-electron chi connectivity index (χ0n) is 18.9. The number of nitrogens with zero attached hydrogens (tertiary/aromatic N) is 4. The Hall–Kier alpha value is -3.14. The van der Waals surface area contributed by atoms with E-state index in [4.69, 9.17) is 16.3 Å². The van der Waals surface area contributed by atoms with E-state index in [9.17, 15) is 4.79 Å². The number of carbonyl (C=O) groups excluding carboxylic acids is 1. The van der Waals surface area contributed by atoms with Gasteiger partial charge >= 0.3 is 0 Å². The number of methoxy groups -OCH3 is 1. The standard InChI is InChI=1S/C25H21BrClN5O2S/c1-16-3-10-20(11-4-16)32-24(18-6-8-19(27)9-7-18)30-31-25(32)35-15-23(33)29-28-14-17-5-12-22(34-2)21(26)13-17/h3-14H,15H2,1-2H3,(H,29,33)/b28-14+. The second-order valence-corrected chi connectivity index (χ2v) is 9.69. The summed E-state index contributed by atoms with van der Waals surface area (Å²) in [6, 6.07) is 21.0. The first kappa shape index (κ1) is 25.0. The van der Waals surface area contributed by atoms with Crippen LogP contribution in [-0.2, 0) is 4.79 Å².